The van der Waals surface area contributed by atoms with Gasteiger partial charge in [-0.25, -0.2) is 0 Å². The molecule has 0 spiro atoms. The van der Waals surface area contributed by atoms with Gasteiger partial charge in [0.05, 0.1) is 24.7 Å². The quantitative estimate of drug-likeness (QED) is 0.560. The van der Waals surface area contributed by atoms with E-state index in [0.29, 0.717) is 24.9 Å². The maximum absolute atomic E-state index is 12.5. The normalized spacial score (nSPS) is 15.3. The maximum Gasteiger partial charge on any atom is 0.232 e. The number of carbonyl (C=O) groups is 1. The second kappa shape index (κ2) is 11.5. The maximum atomic E-state index is 12.5. The Bertz CT molecular complexity index is 848. The van der Waals surface area contributed by atoms with Crippen molar-refractivity contribution < 1.29 is 9.53 Å². The van der Waals surface area contributed by atoms with Crippen LogP contribution in [-0.4, -0.2) is 58.8 Å². The van der Waals surface area contributed by atoms with Crippen LogP contribution in [0.3, 0.4) is 0 Å². The smallest absolute Gasteiger partial charge is 0.232 e. The highest BCUT2D eigenvalue weighted by Gasteiger charge is 2.22. The van der Waals surface area contributed by atoms with Crippen LogP contribution in [0.2, 0.25) is 0 Å². The fraction of sp³-hybridized carbons (Fsp3) is 0.609. The van der Waals surface area contributed by atoms with Crippen LogP contribution in [0.5, 0.6) is 0 Å². The van der Waals surface area contributed by atoms with Gasteiger partial charge in [0.1, 0.15) is 0 Å². The Labute approximate surface area is 189 Å². The van der Waals surface area contributed by atoms with Crippen molar-refractivity contribution in [3.63, 3.8) is 0 Å². The standard InChI is InChI=1S/C23H35N5O2S/c1-17(2)7-5-9-19(4)24-21(29)16-31-23-26-25-22(27-11-13-30-14-12-27)28(23)20-10-6-8-18(3)15-20/h6,8,10,15,17,19H,5,7,9,11-14,16H2,1-4H3,(H,24,29). The minimum atomic E-state index is 0.0359. The number of anilines is 1. The first-order valence-corrected chi connectivity index (χ1v) is 12.2. The van der Waals surface area contributed by atoms with Gasteiger partial charge in [-0.2, -0.15) is 0 Å². The zero-order valence-corrected chi connectivity index (χ0v) is 20.0. The topological polar surface area (TPSA) is 72.3 Å². The molecule has 1 unspecified atom stereocenters. The average Bonchev–Trinajstić information content (AvgIpc) is 3.16. The number of hydrogen-bond acceptors (Lipinski definition) is 6. The predicted octanol–water partition coefficient (Wildman–Crippen LogP) is 3.84. The second-order valence-electron chi connectivity index (χ2n) is 8.64. The summed E-state index contributed by atoms with van der Waals surface area (Å²) in [5.41, 5.74) is 2.18. The number of carbonyl (C=O) groups excluding carboxylic acids is 1. The summed E-state index contributed by atoms with van der Waals surface area (Å²) in [7, 11) is 0. The molecule has 1 fully saturated rings. The first-order chi connectivity index (χ1) is 14.9. The molecule has 170 valence electrons. The van der Waals surface area contributed by atoms with E-state index in [1.807, 2.05) is 6.07 Å². The molecule has 7 nitrogen and oxygen atoms in total. The van der Waals surface area contributed by atoms with Crippen molar-refractivity contribution in [1.82, 2.24) is 20.1 Å². The highest BCUT2D eigenvalue weighted by molar-refractivity contribution is 7.99. The molecule has 1 aromatic carbocycles. The van der Waals surface area contributed by atoms with Crippen LogP contribution in [0.1, 0.15) is 45.6 Å². The number of aryl methyl sites for hydroxylation is 1. The lowest BCUT2D eigenvalue weighted by Gasteiger charge is -2.28. The fourth-order valence-electron chi connectivity index (χ4n) is 3.67. The molecule has 1 atom stereocenters. The Morgan fingerprint density at radius 3 is 2.68 bits per heavy atom. The van der Waals surface area contributed by atoms with E-state index in [1.54, 1.807) is 0 Å². The molecule has 8 heteroatoms. The number of ether oxygens (including phenoxy) is 1. The van der Waals surface area contributed by atoms with Gasteiger partial charge in [-0.1, -0.05) is 50.6 Å². The molecule has 0 radical (unpaired) electrons. The van der Waals surface area contributed by atoms with Crippen LogP contribution in [0.4, 0.5) is 5.95 Å². The van der Waals surface area contributed by atoms with Crippen LogP contribution in [0, 0.1) is 12.8 Å². The average molecular weight is 446 g/mol. The lowest BCUT2D eigenvalue weighted by molar-refractivity contribution is -0.119. The number of thioether (sulfide) groups is 1. The van der Waals surface area contributed by atoms with E-state index in [4.69, 9.17) is 4.74 Å². The van der Waals surface area contributed by atoms with E-state index in [1.165, 1.54) is 23.7 Å². The van der Waals surface area contributed by atoms with Gasteiger partial charge in [0.25, 0.3) is 0 Å². The largest absolute Gasteiger partial charge is 0.378 e. The first kappa shape index (κ1) is 23.6. The number of nitrogens with one attached hydrogen (secondary N) is 1. The fourth-order valence-corrected chi connectivity index (χ4v) is 4.43. The molecule has 1 amide bonds. The summed E-state index contributed by atoms with van der Waals surface area (Å²) in [4.78, 5) is 14.7. The summed E-state index contributed by atoms with van der Waals surface area (Å²) in [6.07, 6.45) is 3.34. The van der Waals surface area contributed by atoms with Crippen molar-refractivity contribution in [3.05, 3.63) is 29.8 Å². The summed E-state index contributed by atoms with van der Waals surface area (Å²) in [5, 5.41) is 12.8. The van der Waals surface area contributed by atoms with E-state index in [2.05, 4.69) is 70.9 Å². The third kappa shape index (κ3) is 6.97. The number of benzene rings is 1. The zero-order chi connectivity index (χ0) is 22.2. The summed E-state index contributed by atoms with van der Waals surface area (Å²) >= 11 is 1.43. The molecule has 31 heavy (non-hydrogen) atoms. The summed E-state index contributed by atoms with van der Waals surface area (Å²) < 4.78 is 7.55. The van der Waals surface area contributed by atoms with E-state index in [9.17, 15) is 4.79 Å². The van der Waals surface area contributed by atoms with E-state index in [0.717, 1.165) is 42.7 Å². The Hall–Kier alpha value is -2.06. The Morgan fingerprint density at radius 2 is 1.97 bits per heavy atom. The third-order valence-corrected chi connectivity index (χ3v) is 6.26. The predicted molar refractivity (Wildman–Crippen MR) is 126 cm³/mol. The molecule has 2 heterocycles. The summed E-state index contributed by atoms with van der Waals surface area (Å²) in [5.74, 6) is 1.86. The Morgan fingerprint density at radius 1 is 1.19 bits per heavy atom. The van der Waals surface area contributed by atoms with Gasteiger partial charge >= 0.3 is 0 Å². The molecule has 0 bridgehead atoms. The van der Waals surface area contributed by atoms with Crippen molar-refractivity contribution in [3.8, 4) is 5.69 Å². The van der Waals surface area contributed by atoms with Crippen molar-refractivity contribution in [2.24, 2.45) is 5.92 Å². The molecule has 1 N–H and O–H groups in total. The van der Waals surface area contributed by atoms with Crippen molar-refractivity contribution in [2.75, 3.05) is 37.0 Å². The van der Waals surface area contributed by atoms with E-state index in [-0.39, 0.29) is 11.9 Å². The lowest BCUT2D eigenvalue weighted by Crippen LogP contribution is -2.38. The Balaban J connectivity index is 1.68. The van der Waals surface area contributed by atoms with Crippen LogP contribution < -0.4 is 10.2 Å². The minimum absolute atomic E-state index is 0.0359. The molecular formula is C23H35N5O2S. The highest BCUT2D eigenvalue weighted by atomic mass is 32.2. The van der Waals surface area contributed by atoms with Crippen molar-refractivity contribution in [2.45, 2.75) is 58.2 Å². The van der Waals surface area contributed by atoms with E-state index >= 15 is 0 Å². The monoisotopic (exact) mass is 445 g/mol. The van der Waals surface area contributed by atoms with Crippen molar-refractivity contribution in [1.29, 1.82) is 0 Å². The minimum Gasteiger partial charge on any atom is -0.378 e. The van der Waals surface area contributed by atoms with Gasteiger partial charge in [-0.3, -0.25) is 9.36 Å². The number of nitrogens with zero attached hydrogens (tertiary/aromatic N) is 4. The van der Waals surface area contributed by atoms with Crippen LogP contribution >= 0.6 is 11.8 Å². The van der Waals surface area contributed by atoms with Gasteiger partial charge < -0.3 is 15.0 Å². The molecule has 0 saturated carbocycles. The molecule has 1 aromatic heterocycles. The number of rotatable bonds is 10. The third-order valence-electron chi connectivity index (χ3n) is 5.33. The van der Waals surface area contributed by atoms with Gasteiger partial charge in [0, 0.05) is 19.1 Å². The van der Waals surface area contributed by atoms with Gasteiger partial charge in [-0.15, -0.1) is 10.2 Å². The van der Waals surface area contributed by atoms with Crippen LogP contribution in [-0.2, 0) is 9.53 Å². The molecule has 0 aliphatic carbocycles. The van der Waals surface area contributed by atoms with Crippen LogP contribution in [0.15, 0.2) is 29.4 Å². The number of amides is 1. The first-order valence-electron chi connectivity index (χ1n) is 11.2. The Kier molecular flexibility index (Phi) is 8.78. The molecule has 2 aromatic rings. The van der Waals surface area contributed by atoms with Gasteiger partial charge in [-0.05, 0) is 43.9 Å². The summed E-state index contributed by atoms with van der Waals surface area (Å²) in [6.45, 7) is 11.5. The van der Waals surface area contributed by atoms with Gasteiger partial charge in [0.15, 0.2) is 5.16 Å². The summed E-state index contributed by atoms with van der Waals surface area (Å²) in [6, 6.07) is 8.47. The van der Waals surface area contributed by atoms with Crippen molar-refractivity contribution >= 4 is 23.6 Å². The molecular weight excluding hydrogens is 410 g/mol. The highest BCUT2D eigenvalue weighted by Crippen LogP contribution is 2.27. The van der Waals surface area contributed by atoms with Gasteiger partial charge in [0.2, 0.25) is 11.9 Å². The molecule has 3 rings (SSSR count). The zero-order valence-electron chi connectivity index (χ0n) is 19.1. The second-order valence-corrected chi connectivity index (χ2v) is 9.58. The molecule has 1 saturated heterocycles. The lowest BCUT2D eigenvalue weighted by atomic mass is 10.0. The number of morpholine rings is 1. The molecule has 1 aliphatic rings. The molecule has 1 aliphatic heterocycles. The number of hydrogen-bond donors (Lipinski definition) is 1. The number of aromatic nitrogens is 3. The van der Waals surface area contributed by atoms with Crippen LogP contribution in [0.25, 0.3) is 5.69 Å². The SMILES string of the molecule is Cc1cccc(-n2c(SCC(=O)NC(C)CCCC(C)C)nnc2N2CCOCC2)c1. The van der Waals surface area contributed by atoms with E-state index < -0.39 is 0 Å².